The molecule has 1 heterocycles. The Morgan fingerprint density at radius 3 is 2.34 bits per heavy atom. The van der Waals surface area contributed by atoms with Crippen LogP contribution in [0.25, 0.3) is 11.1 Å². The Labute approximate surface area is 200 Å². The van der Waals surface area contributed by atoms with Gasteiger partial charge in [-0.05, 0) is 41.0 Å². The van der Waals surface area contributed by atoms with Crippen LogP contribution in [0.4, 0.5) is 4.79 Å². The number of benzene rings is 2. The molecular formula is C25H23N3O7. The SMILES string of the molecule is O=C(NCc1nocc1C(=O)NOC(C(=O)O)C1CC1)OCC1c2ccccc2-c2ccccc21. The monoisotopic (exact) mass is 477 g/mol. The van der Waals surface area contributed by atoms with Gasteiger partial charge in [0.25, 0.3) is 5.91 Å². The van der Waals surface area contributed by atoms with E-state index in [0.29, 0.717) is 0 Å². The second-order valence-electron chi connectivity index (χ2n) is 8.50. The molecule has 1 unspecified atom stereocenters. The van der Waals surface area contributed by atoms with Crippen LogP contribution in [0.1, 0.15) is 45.9 Å². The smallest absolute Gasteiger partial charge is 0.407 e. The number of ether oxygens (including phenoxy) is 1. The summed E-state index contributed by atoms with van der Waals surface area (Å²) in [5.74, 6) is -2.06. The van der Waals surface area contributed by atoms with E-state index in [-0.39, 0.29) is 36.2 Å². The first kappa shape index (κ1) is 22.6. The number of hydrogen-bond acceptors (Lipinski definition) is 7. The van der Waals surface area contributed by atoms with Crippen molar-refractivity contribution in [2.45, 2.75) is 31.4 Å². The van der Waals surface area contributed by atoms with Crippen LogP contribution in [0.2, 0.25) is 0 Å². The number of alkyl carbamates (subject to hydrolysis) is 1. The number of amides is 2. The van der Waals surface area contributed by atoms with Gasteiger partial charge in [-0.2, -0.15) is 0 Å². The van der Waals surface area contributed by atoms with Crippen molar-refractivity contribution in [1.82, 2.24) is 16.0 Å². The summed E-state index contributed by atoms with van der Waals surface area (Å²) in [4.78, 5) is 41.1. The molecule has 1 atom stereocenters. The molecule has 0 aliphatic heterocycles. The van der Waals surface area contributed by atoms with E-state index < -0.39 is 24.1 Å². The number of hydroxylamine groups is 1. The molecule has 2 aliphatic rings. The molecule has 1 saturated carbocycles. The van der Waals surface area contributed by atoms with Gasteiger partial charge in [-0.3, -0.25) is 9.63 Å². The summed E-state index contributed by atoms with van der Waals surface area (Å²) in [5.41, 5.74) is 6.76. The van der Waals surface area contributed by atoms with Gasteiger partial charge in [0.2, 0.25) is 0 Å². The molecule has 0 bridgehead atoms. The number of carbonyl (C=O) groups excluding carboxylic acids is 2. The van der Waals surface area contributed by atoms with Crippen molar-refractivity contribution in [2.24, 2.45) is 5.92 Å². The van der Waals surface area contributed by atoms with Crippen LogP contribution in [-0.4, -0.2) is 40.9 Å². The van der Waals surface area contributed by atoms with Crippen molar-refractivity contribution in [3.8, 4) is 11.1 Å². The van der Waals surface area contributed by atoms with Crippen molar-refractivity contribution in [3.63, 3.8) is 0 Å². The Bertz CT molecular complexity index is 1220. The summed E-state index contributed by atoms with van der Waals surface area (Å²) >= 11 is 0. The maximum atomic E-state index is 12.4. The summed E-state index contributed by atoms with van der Waals surface area (Å²) in [6.07, 6.45) is 0.781. The third-order valence-corrected chi connectivity index (χ3v) is 6.20. The lowest BCUT2D eigenvalue weighted by molar-refractivity contribution is -0.155. The van der Waals surface area contributed by atoms with Crippen LogP contribution in [0.5, 0.6) is 0 Å². The Balaban J connectivity index is 1.15. The van der Waals surface area contributed by atoms with Crippen LogP contribution in [0, 0.1) is 5.92 Å². The molecular weight excluding hydrogens is 454 g/mol. The highest BCUT2D eigenvalue weighted by atomic mass is 16.7. The number of carboxylic acids is 1. The maximum absolute atomic E-state index is 12.4. The molecule has 1 fully saturated rings. The third kappa shape index (κ3) is 4.73. The lowest BCUT2D eigenvalue weighted by atomic mass is 9.98. The average molecular weight is 477 g/mol. The number of nitrogens with one attached hydrogen (secondary N) is 2. The van der Waals surface area contributed by atoms with Gasteiger partial charge in [-0.25, -0.2) is 15.1 Å². The number of carbonyl (C=O) groups is 3. The lowest BCUT2D eigenvalue weighted by Crippen LogP contribution is -2.36. The lowest BCUT2D eigenvalue weighted by Gasteiger charge is -2.14. The molecule has 3 N–H and O–H groups in total. The molecule has 10 heteroatoms. The highest BCUT2D eigenvalue weighted by molar-refractivity contribution is 5.94. The van der Waals surface area contributed by atoms with Crippen LogP contribution in [0.3, 0.4) is 0 Å². The van der Waals surface area contributed by atoms with Gasteiger partial charge in [0.15, 0.2) is 6.10 Å². The normalized spacial score (nSPS) is 15.1. The van der Waals surface area contributed by atoms with Crippen molar-refractivity contribution in [1.29, 1.82) is 0 Å². The standard InChI is InChI=1S/C25H23N3O7/c29-23(28-35-22(24(30)31)14-9-10-14)20-13-34-27-21(20)11-26-25(32)33-12-19-17-7-3-1-5-15(17)16-6-2-4-8-18(16)19/h1-8,13-14,19,22H,9-12H2,(H,26,32)(H,28,29)(H,30,31). The zero-order chi connectivity index (χ0) is 24.4. The number of fused-ring (bicyclic) bond motifs is 3. The molecule has 3 aromatic rings. The Kier molecular flexibility index (Phi) is 6.19. The van der Waals surface area contributed by atoms with Gasteiger partial charge in [-0.1, -0.05) is 53.7 Å². The summed E-state index contributed by atoms with van der Waals surface area (Å²) in [7, 11) is 0. The van der Waals surface area contributed by atoms with Crippen molar-refractivity contribution >= 4 is 18.0 Å². The van der Waals surface area contributed by atoms with Crippen molar-refractivity contribution < 1.29 is 33.6 Å². The quantitative estimate of drug-likeness (QED) is 0.399. The molecule has 180 valence electrons. The molecule has 35 heavy (non-hydrogen) atoms. The molecule has 0 spiro atoms. The third-order valence-electron chi connectivity index (χ3n) is 6.20. The van der Waals surface area contributed by atoms with Crippen LogP contribution >= 0.6 is 0 Å². The molecule has 0 saturated heterocycles. The van der Waals surface area contributed by atoms with Gasteiger partial charge in [-0.15, -0.1) is 0 Å². The molecule has 10 nitrogen and oxygen atoms in total. The predicted octanol–water partition coefficient (Wildman–Crippen LogP) is 3.24. The van der Waals surface area contributed by atoms with Gasteiger partial charge in [0.05, 0.1) is 6.54 Å². The molecule has 2 aromatic carbocycles. The minimum Gasteiger partial charge on any atom is -0.479 e. The first-order chi connectivity index (χ1) is 17.0. The fourth-order valence-corrected chi connectivity index (χ4v) is 4.30. The van der Waals surface area contributed by atoms with E-state index in [1.807, 2.05) is 36.4 Å². The van der Waals surface area contributed by atoms with Crippen molar-refractivity contribution in [2.75, 3.05) is 6.61 Å². The fourth-order valence-electron chi connectivity index (χ4n) is 4.30. The summed E-state index contributed by atoms with van der Waals surface area (Å²) < 4.78 is 10.3. The number of aliphatic carboxylic acids is 1. The van der Waals surface area contributed by atoms with Gasteiger partial charge in [0.1, 0.15) is 24.1 Å². The van der Waals surface area contributed by atoms with Crippen LogP contribution in [0.15, 0.2) is 59.3 Å². The van der Waals surface area contributed by atoms with Gasteiger partial charge >= 0.3 is 12.1 Å². The summed E-state index contributed by atoms with van der Waals surface area (Å²) in [6.45, 7) is 0.0263. The number of aromatic nitrogens is 1. The van der Waals surface area contributed by atoms with Crippen LogP contribution in [-0.2, 0) is 20.9 Å². The zero-order valence-corrected chi connectivity index (χ0v) is 18.6. The molecule has 0 radical (unpaired) electrons. The minimum atomic E-state index is -1.14. The van der Waals surface area contributed by atoms with Gasteiger partial charge in [0, 0.05) is 5.92 Å². The zero-order valence-electron chi connectivity index (χ0n) is 18.6. The highest BCUT2D eigenvalue weighted by Gasteiger charge is 2.38. The second kappa shape index (κ2) is 9.59. The molecule has 2 amide bonds. The topological polar surface area (TPSA) is 140 Å². The van der Waals surface area contributed by atoms with Crippen LogP contribution < -0.4 is 10.8 Å². The fraction of sp³-hybridized carbons (Fsp3) is 0.280. The predicted molar refractivity (Wildman–Crippen MR) is 121 cm³/mol. The first-order valence-corrected chi connectivity index (χ1v) is 11.2. The summed E-state index contributed by atoms with van der Waals surface area (Å²) in [5, 5.41) is 15.5. The van der Waals surface area contributed by atoms with E-state index in [4.69, 9.17) is 14.1 Å². The Morgan fingerprint density at radius 2 is 1.71 bits per heavy atom. The van der Waals surface area contributed by atoms with E-state index in [0.717, 1.165) is 41.4 Å². The number of hydrogen-bond donors (Lipinski definition) is 3. The Morgan fingerprint density at radius 1 is 1.06 bits per heavy atom. The number of carboxylic acid groups (broad SMARTS) is 1. The summed E-state index contributed by atoms with van der Waals surface area (Å²) in [6, 6.07) is 16.1. The minimum absolute atomic E-state index is 0.0175. The molecule has 1 aromatic heterocycles. The van der Waals surface area contributed by atoms with Crippen molar-refractivity contribution in [3.05, 3.63) is 77.2 Å². The number of nitrogens with zero attached hydrogens (tertiary/aromatic N) is 1. The molecule has 5 rings (SSSR count). The Hall–Kier alpha value is -4.18. The maximum Gasteiger partial charge on any atom is 0.407 e. The van der Waals surface area contributed by atoms with E-state index in [1.54, 1.807) is 0 Å². The molecule has 2 aliphatic carbocycles. The average Bonchev–Trinajstić information content (AvgIpc) is 3.49. The van der Waals surface area contributed by atoms with E-state index in [1.165, 1.54) is 0 Å². The van der Waals surface area contributed by atoms with Gasteiger partial charge < -0.3 is 19.7 Å². The first-order valence-electron chi connectivity index (χ1n) is 11.2. The van der Waals surface area contributed by atoms with E-state index >= 15 is 0 Å². The second-order valence-corrected chi connectivity index (χ2v) is 8.50. The van der Waals surface area contributed by atoms with E-state index in [9.17, 15) is 19.5 Å². The number of rotatable bonds is 9. The highest BCUT2D eigenvalue weighted by Crippen LogP contribution is 2.44. The largest absolute Gasteiger partial charge is 0.479 e. The van der Waals surface area contributed by atoms with E-state index in [2.05, 4.69) is 28.1 Å².